The van der Waals surface area contributed by atoms with Gasteiger partial charge in [0.05, 0.1) is 26.3 Å². The number of rotatable bonds is 5. The van der Waals surface area contributed by atoms with Crippen molar-refractivity contribution in [2.45, 2.75) is 6.42 Å². The molecule has 2 aromatic rings. The van der Waals surface area contributed by atoms with E-state index in [0.717, 1.165) is 11.3 Å². The number of carbonyl (C=O) groups excluding carboxylic acids is 1. The predicted molar refractivity (Wildman–Crippen MR) is 100 cm³/mol. The molecule has 1 aliphatic heterocycles. The van der Waals surface area contributed by atoms with Crippen molar-refractivity contribution in [2.75, 3.05) is 45.3 Å². The Hall–Kier alpha value is -2.89. The minimum absolute atomic E-state index is 0.0634. The van der Waals surface area contributed by atoms with Gasteiger partial charge in [-0.15, -0.1) is 0 Å². The third-order valence-corrected chi connectivity index (χ3v) is 4.68. The molecule has 2 aromatic carbocycles. The van der Waals surface area contributed by atoms with Gasteiger partial charge < -0.3 is 24.4 Å². The summed E-state index contributed by atoms with van der Waals surface area (Å²) in [5.41, 5.74) is 1.63. The number of carbonyl (C=O) groups is 1. The number of amides is 1. The predicted octanol–water partition coefficient (Wildman–Crippen LogP) is 2.30. The Morgan fingerprint density at radius 3 is 2.42 bits per heavy atom. The number of phenols is 1. The van der Waals surface area contributed by atoms with Crippen molar-refractivity contribution in [1.82, 2.24) is 4.90 Å². The van der Waals surface area contributed by atoms with Crippen molar-refractivity contribution >= 4 is 11.6 Å². The van der Waals surface area contributed by atoms with Crippen molar-refractivity contribution in [3.05, 3.63) is 48.0 Å². The van der Waals surface area contributed by atoms with E-state index in [2.05, 4.69) is 4.90 Å². The molecule has 3 rings (SSSR count). The number of phenolic OH excluding ortho intramolecular Hbond substituents is 1. The highest BCUT2D eigenvalue weighted by atomic mass is 16.5. The maximum Gasteiger partial charge on any atom is 0.227 e. The Bertz CT molecular complexity index is 770. The fourth-order valence-electron chi connectivity index (χ4n) is 3.22. The highest BCUT2D eigenvalue weighted by Crippen LogP contribution is 2.28. The van der Waals surface area contributed by atoms with Crippen LogP contribution in [-0.2, 0) is 11.2 Å². The molecule has 0 saturated carbocycles. The highest BCUT2D eigenvalue weighted by Gasteiger charge is 2.23. The summed E-state index contributed by atoms with van der Waals surface area (Å²) in [4.78, 5) is 16.7. The van der Waals surface area contributed by atoms with Crippen LogP contribution in [-0.4, -0.2) is 56.3 Å². The van der Waals surface area contributed by atoms with Crippen molar-refractivity contribution in [3.8, 4) is 17.2 Å². The lowest BCUT2D eigenvalue weighted by Gasteiger charge is -2.36. The van der Waals surface area contributed by atoms with Gasteiger partial charge in [0.1, 0.15) is 17.2 Å². The van der Waals surface area contributed by atoms with E-state index in [1.807, 2.05) is 35.2 Å². The molecule has 0 atom stereocenters. The number of benzene rings is 2. The van der Waals surface area contributed by atoms with Gasteiger partial charge in [0.2, 0.25) is 5.91 Å². The van der Waals surface area contributed by atoms with Crippen LogP contribution >= 0.6 is 0 Å². The van der Waals surface area contributed by atoms with Gasteiger partial charge in [-0.3, -0.25) is 4.79 Å². The number of hydrogen-bond acceptors (Lipinski definition) is 5. The highest BCUT2D eigenvalue weighted by molar-refractivity contribution is 5.80. The zero-order valence-electron chi connectivity index (χ0n) is 15.1. The summed E-state index contributed by atoms with van der Waals surface area (Å²) in [6.45, 7) is 2.63. The van der Waals surface area contributed by atoms with E-state index in [1.165, 1.54) is 0 Å². The monoisotopic (exact) mass is 356 g/mol. The molecule has 6 nitrogen and oxygen atoms in total. The molecular weight excluding hydrogens is 332 g/mol. The first-order valence-electron chi connectivity index (χ1n) is 8.64. The number of anilines is 1. The lowest BCUT2D eigenvalue weighted by atomic mass is 10.1. The third-order valence-electron chi connectivity index (χ3n) is 4.68. The number of hydrogen-bond donors (Lipinski definition) is 1. The fourth-order valence-corrected chi connectivity index (χ4v) is 3.22. The molecule has 0 unspecified atom stereocenters. The molecular formula is C20H24N2O4. The molecule has 1 heterocycles. The van der Waals surface area contributed by atoms with E-state index < -0.39 is 0 Å². The third kappa shape index (κ3) is 3.85. The Morgan fingerprint density at radius 1 is 1.04 bits per heavy atom. The lowest BCUT2D eigenvalue weighted by molar-refractivity contribution is -0.130. The van der Waals surface area contributed by atoms with Crippen molar-refractivity contribution < 1.29 is 19.4 Å². The molecule has 26 heavy (non-hydrogen) atoms. The quantitative estimate of drug-likeness (QED) is 0.891. The Morgan fingerprint density at radius 2 is 1.77 bits per heavy atom. The number of piperazine rings is 1. The second-order valence-electron chi connectivity index (χ2n) is 6.21. The first kappa shape index (κ1) is 17.9. The molecule has 1 fully saturated rings. The summed E-state index contributed by atoms with van der Waals surface area (Å²) in [6, 6.07) is 12.8. The molecule has 1 N–H and O–H groups in total. The molecule has 138 valence electrons. The molecule has 1 saturated heterocycles. The van der Waals surface area contributed by atoms with Crippen LogP contribution in [0.4, 0.5) is 5.69 Å². The van der Waals surface area contributed by atoms with E-state index in [-0.39, 0.29) is 18.1 Å². The van der Waals surface area contributed by atoms with Gasteiger partial charge in [0, 0.05) is 31.7 Å². The smallest absolute Gasteiger partial charge is 0.227 e. The molecule has 1 amide bonds. The number of nitrogens with zero attached hydrogens (tertiary/aromatic N) is 2. The minimum Gasteiger partial charge on any atom is -0.506 e. The lowest BCUT2D eigenvalue weighted by Crippen LogP contribution is -2.49. The zero-order chi connectivity index (χ0) is 18.5. The van der Waals surface area contributed by atoms with E-state index in [1.54, 1.807) is 26.4 Å². The maximum atomic E-state index is 12.7. The first-order chi connectivity index (χ1) is 12.6. The Labute approximate surface area is 153 Å². The topological polar surface area (TPSA) is 62.2 Å². The molecule has 6 heteroatoms. The van der Waals surface area contributed by atoms with Crippen molar-refractivity contribution in [3.63, 3.8) is 0 Å². The van der Waals surface area contributed by atoms with Crippen LogP contribution in [0.1, 0.15) is 5.56 Å². The van der Waals surface area contributed by atoms with E-state index in [0.29, 0.717) is 37.7 Å². The Kier molecular flexibility index (Phi) is 5.51. The molecule has 0 radical (unpaired) electrons. The van der Waals surface area contributed by atoms with Crippen LogP contribution in [0.3, 0.4) is 0 Å². The molecule has 1 aliphatic rings. The summed E-state index contributed by atoms with van der Waals surface area (Å²) in [6.07, 6.45) is 0.275. The average Bonchev–Trinajstić information content (AvgIpc) is 2.68. The Balaban J connectivity index is 1.63. The maximum absolute atomic E-state index is 12.7. The molecule has 0 aromatic heterocycles. The molecule has 0 spiro atoms. The SMILES string of the molecule is COc1ccc(OC)c(CC(=O)N2CCN(c3ccccc3O)CC2)c1. The van der Waals surface area contributed by atoms with Gasteiger partial charge in [0.15, 0.2) is 0 Å². The summed E-state index contributed by atoms with van der Waals surface area (Å²) >= 11 is 0. The fraction of sp³-hybridized carbons (Fsp3) is 0.350. The molecule has 0 bridgehead atoms. The van der Waals surface area contributed by atoms with Crippen molar-refractivity contribution in [2.24, 2.45) is 0 Å². The van der Waals surface area contributed by atoms with Crippen LogP contribution in [0.15, 0.2) is 42.5 Å². The number of para-hydroxylation sites is 2. The van der Waals surface area contributed by atoms with Gasteiger partial charge in [0.25, 0.3) is 0 Å². The van der Waals surface area contributed by atoms with Gasteiger partial charge >= 0.3 is 0 Å². The molecule has 0 aliphatic carbocycles. The van der Waals surface area contributed by atoms with Crippen LogP contribution in [0.25, 0.3) is 0 Å². The van der Waals surface area contributed by atoms with Gasteiger partial charge in [-0.2, -0.15) is 0 Å². The van der Waals surface area contributed by atoms with Gasteiger partial charge in [-0.05, 0) is 30.3 Å². The summed E-state index contributed by atoms with van der Waals surface area (Å²) in [7, 11) is 3.20. The number of aromatic hydroxyl groups is 1. The van der Waals surface area contributed by atoms with Crippen LogP contribution in [0.5, 0.6) is 17.2 Å². The summed E-state index contributed by atoms with van der Waals surface area (Å²) < 4.78 is 10.6. The van der Waals surface area contributed by atoms with Crippen LogP contribution in [0, 0.1) is 0 Å². The van der Waals surface area contributed by atoms with Crippen molar-refractivity contribution in [1.29, 1.82) is 0 Å². The van der Waals surface area contributed by atoms with Crippen LogP contribution in [0.2, 0.25) is 0 Å². The van der Waals surface area contributed by atoms with Gasteiger partial charge in [-0.1, -0.05) is 12.1 Å². The summed E-state index contributed by atoms with van der Waals surface area (Å²) in [5, 5.41) is 9.99. The average molecular weight is 356 g/mol. The standard InChI is InChI=1S/C20H24N2O4/c1-25-16-7-8-19(26-2)15(13-16)14-20(24)22-11-9-21(10-12-22)17-5-3-4-6-18(17)23/h3-8,13,23H,9-12,14H2,1-2H3. The second-order valence-corrected chi connectivity index (χ2v) is 6.21. The first-order valence-corrected chi connectivity index (χ1v) is 8.64. The normalized spacial score (nSPS) is 14.2. The minimum atomic E-state index is 0.0634. The summed E-state index contributed by atoms with van der Waals surface area (Å²) in [5.74, 6) is 1.73. The van der Waals surface area contributed by atoms with E-state index in [4.69, 9.17) is 9.47 Å². The van der Waals surface area contributed by atoms with E-state index in [9.17, 15) is 9.90 Å². The second kappa shape index (κ2) is 7.99. The largest absolute Gasteiger partial charge is 0.506 e. The zero-order valence-corrected chi connectivity index (χ0v) is 15.1. The van der Waals surface area contributed by atoms with Gasteiger partial charge in [-0.25, -0.2) is 0 Å². The van der Waals surface area contributed by atoms with E-state index >= 15 is 0 Å². The number of ether oxygens (including phenoxy) is 2. The van der Waals surface area contributed by atoms with Crippen LogP contribution < -0.4 is 14.4 Å². The number of methoxy groups -OCH3 is 2.